The number of carbonyl (C=O) groups excluding carboxylic acids is 1. The number of hydrogen-bond acceptors (Lipinski definition) is 3. The highest BCUT2D eigenvalue weighted by Gasteiger charge is 2.17. The van der Waals surface area contributed by atoms with Crippen LogP contribution in [-0.2, 0) is 0 Å². The van der Waals surface area contributed by atoms with Gasteiger partial charge in [0, 0.05) is 17.9 Å². The van der Waals surface area contributed by atoms with Crippen LogP contribution in [0.25, 0.3) is 0 Å². The second-order valence-electron chi connectivity index (χ2n) is 7.17. The maximum absolute atomic E-state index is 12.5. The molecular formula is C21H27N3O. The minimum Gasteiger partial charge on any atom is -0.354 e. The number of pyridine rings is 1. The van der Waals surface area contributed by atoms with Gasteiger partial charge in [0.1, 0.15) is 0 Å². The number of nitrogens with zero attached hydrogens (tertiary/aromatic N) is 1. The lowest BCUT2D eigenvalue weighted by atomic mass is 9.95. The van der Waals surface area contributed by atoms with E-state index in [1.54, 1.807) is 12.4 Å². The summed E-state index contributed by atoms with van der Waals surface area (Å²) in [6, 6.07) is 10.5. The first-order valence-electron chi connectivity index (χ1n) is 9.25. The summed E-state index contributed by atoms with van der Waals surface area (Å²) in [6.07, 6.45) is 9.23. The van der Waals surface area contributed by atoms with Crippen LogP contribution in [0, 0.1) is 0 Å². The average Bonchev–Trinajstić information content (AvgIpc) is 2.63. The van der Waals surface area contributed by atoms with Gasteiger partial charge in [-0.3, -0.25) is 9.78 Å². The van der Waals surface area contributed by atoms with Gasteiger partial charge in [0.2, 0.25) is 0 Å². The molecule has 0 spiro atoms. The van der Waals surface area contributed by atoms with Gasteiger partial charge in [-0.15, -0.1) is 0 Å². The Balaban J connectivity index is 1.65. The molecule has 1 fully saturated rings. The highest BCUT2D eigenvalue weighted by Crippen LogP contribution is 2.21. The first-order valence-corrected chi connectivity index (χ1v) is 9.25. The highest BCUT2D eigenvalue weighted by atomic mass is 16.1. The zero-order valence-corrected chi connectivity index (χ0v) is 15.1. The Morgan fingerprint density at radius 2 is 1.76 bits per heavy atom. The smallest absolute Gasteiger partial charge is 0.253 e. The molecule has 0 aliphatic heterocycles. The number of benzene rings is 1. The summed E-state index contributed by atoms with van der Waals surface area (Å²) in [6.45, 7) is 4.36. The van der Waals surface area contributed by atoms with Gasteiger partial charge >= 0.3 is 0 Å². The topological polar surface area (TPSA) is 54.0 Å². The van der Waals surface area contributed by atoms with Crippen molar-refractivity contribution in [2.45, 2.75) is 57.9 Å². The fourth-order valence-corrected chi connectivity index (χ4v) is 3.27. The van der Waals surface area contributed by atoms with Gasteiger partial charge in [-0.05, 0) is 42.5 Å². The summed E-state index contributed by atoms with van der Waals surface area (Å²) in [4.78, 5) is 16.7. The maximum Gasteiger partial charge on any atom is 0.253 e. The lowest BCUT2D eigenvalue weighted by Gasteiger charge is -2.22. The SMILES string of the molecule is CC(C)c1ccc(Nc2cncc(C(=O)NC3CCCCC3)c2)cc1. The normalized spacial score (nSPS) is 15.2. The van der Waals surface area contributed by atoms with Crippen molar-refractivity contribution in [1.29, 1.82) is 0 Å². The van der Waals surface area contributed by atoms with Gasteiger partial charge in [0.05, 0.1) is 17.4 Å². The summed E-state index contributed by atoms with van der Waals surface area (Å²) in [5.74, 6) is 0.487. The minimum absolute atomic E-state index is 0.0294. The molecule has 0 unspecified atom stereocenters. The van der Waals surface area contributed by atoms with Crippen LogP contribution < -0.4 is 10.6 Å². The van der Waals surface area contributed by atoms with Crippen LogP contribution in [0.15, 0.2) is 42.7 Å². The molecule has 0 radical (unpaired) electrons. The molecule has 1 aromatic heterocycles. The van der Waals surface area contributed by atoms with Crippen molar-refractivity contribution in [3.63, 3.8) is 0 Å². The van der Waals surface area contributed by atoms with E-state index < -0.39 is 0 Å². The van der Waals surface area contributed by atoms with E-state index in [1.807, 2.05) is 6.07 Å². The first-order chi connectivity index (χ1) is 12.1. The third-order valence-corrected chi connectivity index (χ3v) is 4.81. The van der Waals surface area contributed by atoms with E-state index in [1.165, 1.54) is 24.8 Å². The van der Waals surface area contributed by atoms with Crippen molar-refractivity contribution < 1.29 is 4.79 Å². The molecule has 1 aliphatic rings. The molecule has 2 N–H and O–H groups in total. The lowest BCUT2D eigenvalue weighted by Crippen LogP contribution is -2.36. The van der Waals surface area contributed by atoms with Gasteiger partial charge in [-0.25, -0.2) is 0 Å². The Morgan fingerprint density at radius 1 is 1.04 bits per heavy atom. The molecule has 0 bridgehead atoms. The Labute approximate surface area is 150 Å². The van der Waals surface area contributed by atoms with E-state index in [9.17, 15) is 4.79 Å². The molecule has 3 rings (SSSR count). The predicted molar refractivity (Wildman–Crippen MR) is 102 cm³/mol. The van der Waals surface area contributed by atoms with Crippen molar-refractivity contribution >= 4 is 17.3 Å². The zero-order chi connectivity index (χ0) is 17.6. The fourth-order valence-electron chi connectivity index (χ4n) is 3.27. The van der Waals surface area contributed by atoms with Crippen LogP contribution in [0.2, 0.25) is 0 Å². The van der Waals surface area contributed by atoms with Crippen LogP contribution >= 0.6 is 0 Å². The van der Waals surface area contributed by atoms with Crippen LogP contribution in [0.3, 0.4) is 0 Å². The van der Waals surface area contributed by atoms with Crippen LogP contribution in [-0.4, -0.2) is 16.9 Å². The highest BCUT2D eigenvalue weighted by molar-refractivity contribution is 5.95. The third-order valence-electron chi connectivity index (χ3n) is 4.81. The molecule has 0 saturated heterocycles. The Hall–Kier alpha value is -2.36. The molecule has 1 saturated carbocycles. The molecule has 1 amide bonds. The second-order valence-corrected chi connectivity index (χ2v) is 7.17. The molecule has 1 aliphatic carbocycles. The number of hydrogen-bond donors (Lipinski definition) is 2. The third kappa shape index (κ3) is 4.81. The van der Waals surface area contributed by atoms with Gasteiger partial charge < -0.3 is 10.6 Å². The molecule has 25 heavy (non-hydrogen) atoms. The zero-order valence-electron chi connectivity index (χ0n) is 15.1. The number of nitrogens with one attached hydrogen (secondary N) is 2. The minimum atomic E-state index is -0.0294. The number of amides is 1. The number of carbonyl (C=O) groups is 1. The van der Waals surface area contributed by atoms with Crippen molar-refractivity contribution in [3.05, 3.63) is 53.9 Å². The summed E-state index contributed by atoms with van der Waals surface area (Å²) in [5.41, 5.74) is 3.74. The standard InChI is InChI=1S/C21H27N3O/c1-15(2)16-8-10-19(11-9-16)23-20-12-17(13-22-14-20)21(25)24-18-6-4-3-5-7-18/h8-15,18,23H,3-7H2,1-2H3,(H,24,25). The Bertz CT molecular complexity index is 703. The maximum atomic E-state index is 12.5. The van der Waals surface area contributed by atoms with Gasteiger partial charge in [-0.1, -0.05) is 45.2 Å². The van der Waals surface area contributed by atoms with Crippen LogP contribution in [0.4, 0.5) is 11.4 Å². The number of rotatable bonds is 5. The quantitative estimate of drug-likeness (QED) is 0.806. The van der Waals surface area contributed by atoms with Crippen molar-refractivity contribution in [1.82, 2.24) is 10.3 Å². The van der Waals surface area contributed by atoms with Gasteiger partial charge in [0.15, 0.2) is 0 Å². The molecule has 0 atom stereocenters. The second kappa shape index (κ2) is 8.15. The Kier molecular flexibility index (Phi) is 5.69. The lowest BCUT2D eigenvalue weighted by molar-refractivity contribution is 0.0927. The molecule has 4 nitrogen and oxygen atoms in total. The summed E-state index contributed by atoms with van der Waals surface area (Å²) in [5, 5.41) is 6.47. The van der Waals surface area contributed by atoms with Crippen LogP contribution in [0.5, 0.6) is 0 Å². The average molecular weight is 337 g/mol. The molecular weight excluding hydrogens is 310 g/mol. The summed E-state index contributed by atoms with van der Waals surface area (Å²) < 4.78 is 0. The number of anilines is 2. The van der Waals surface area contributed by atoms with Crippen LogP contribution in [0.1, 0.15) is 67.8 Å². The molecule has 1 heterocycles. The predicted octanol–water partition coefficient (Wildman–Crippen LogP) is 5.01. The van der Waals surface area contributed by atoms with Crippen molar-refractivity contribution in [2.24, 2.45) is 0 Å². The van der Waals surface area contributed by atoms with Gasteiger partial charge in [0.25, 0.3) is 5.91 Å². The fraction of sp³-hybridized carbons (Fsp3) is 0.429. The number of aromatic nitrogens is 1. The van der Waals surface area contributed by atoms with E-state index in [0.29, 0.717) is 17.5 Å². The Morgan fingerprint density at radius 3 is 2.44 bits per heavy atom. The van der Waals surface area contributed by atoms with E-state index in [4.69, 9.17) is 0 Å². The van der Waals surface area contributed by atoms with Crippen molar-refractivity contribution in [2.75, 3.05) is 5.32 Å². The van der Waals surface area contributed by atoms with E-state index in [-0.39, 0.29) is 5.91 Å². The molecule has 2 aromatic rings. The largest absolute Gasteiger partial charge is 0.354 e. The first kappa shape index (κ1) is 17.5. The molecule has 1 aromatic carbocycles. The van der Waals surface area contributed by atoms with Crippen molar-refractivity contribution in [3.8, 4) is 0 Å². The monoisotopic (exact) mass is 337 g/mol. The van der Waals surface area contributed by atoms with E-state index >= 15 is 0 Å². The van der Waals surface area contributed by atoms with E-state index in [2.05, 4.69) is 53.7 Å². The summed E-state index contributed by atoms with van der Waals surface area (Å²) >= 11 is 0. The van der Waals surface area contributed by atoms with E-state index in [0.717, 1.165) is 24.2 Å². The van der Waals surface area contributed by atoms with Gasteiger partial charge in [-0.2, -0.15) is 0 Å². The molecule has 132 valence electrons. The summed E-state index contributed by atoms with van der Waals surface area (Å²) in [7, 11) is 0. The molecule has 4 heteroatoms.